The first-order valence-electron chi connectivity index (χ1n) is 10.8. The number of ether oxygens (including phenoxy) is 3. The van der Waals surface area contributed by atoms with Gasteiger partial charge in [0, 0.05) is 6.61 Å². The van der Waals surface area contributed by atoms with Gasteiger partial charge in [-0.25, -0.2) is 9.59 Å². The molecule has 0 aliphatic rings. The van der Waals surface area contributed by atoms with E-state index in [2.05, 4.69) is 5.32 Å². The molecule has 0 heterocycles. The van der Waals surface area contributed by atoms with Gasteiger partial charge in [0.05, 0.1) is 19.3 Å². The Morgan fingerprint density at radius 1 is 1.03 bits per heavy atom. The Hall–Kier alpha value is -2.12. The normalized spacial score (nSPS) is 14.0. The summed E-state index contributed by atoms with van der Waals surface area (Å²) >= 11 is 0. The van der Waals surface area contributed by atoms with E-state index in [1.807, 2.05) is 51.1 Å². The smallest absolute Gasteiger partial charge is 0.407 e. The van der Waals surface area contributed by atoms with E-state index in [-0.39, 0.29) is 12.6 Å². The van der Waals surface area contributed by atoms with Gasteiger partial charge < -0.3 is 24.6 Å². The van der Waals surface area contributed by atoms with E-state index >= 15 is 0 Å². The third kappa shape index (κ3) is 12.4. The van der Waals surface area contributed by atoms with Crippen LogP contribution in [0, 0.1) is 5.41 Å². The molecule has 1 aromatic carbocycles. The molecule has 7 nitrogen and oxygen atoms in total. The van der Waals surface area contributed by atoms with Gasteiger partial charge in [-0.1, -0.05) is 51.1 Å². The van der Waals surface area contributed by atoms with Gasteiger partial charge in [-0.2, -0.15) is 0 Å². The van der Waals surface area contributed by atoms with E-state index in [1.54, 1.807) is 20.8 Å². The first kappa shape index (κ1) is 26.9. The number of alkyl carbamates (subject to hydrolysis) is 1. The lowest BCUT2D eigenvalue weighted by Gasteiger charge is -2.29. The summed E-state index contributed by atoms with van der Waals surface area (Å²) in [4.78, 5) is 23.8. The largest absolute Gasteiger partial charge is 0.479 e. The van der Waals surface area contributed by atoms with Gasteiger partial charge in [0.25, 0.3) is 0 Å². The van der Waals surface area contributed by atoms with E-state index < -0.39 is 29.2 Å². The second-order valence-corrected chi connectivity index (χ2v) is 9.79. The zero-order chi connectivity index (χ0) is 23.5. The highest BCUT2D eigenvalue weighted by Gasteiger charge is 2.33. The Bertz CT molecular complexity index is 663. The summed E-state index contributed by atoms with van der Waals surface area (Å²) in [5.74, 6) is -1.02. The molecule has 2 atom stereocenters. The Labute approximate surface area is 186 Å². The van der Waals surface area contributed by atoms with Gasteiger partial charge in [-0.3, -0.25) is 0 Å². The number of unbranched alkanes of at least 4 members (excludes halogenated alkanes) is 1. The second-order valence-electron chi connectivity index (χ2n) is 9.79. The summed E-state index contributed by atoms with van der Waals surface area (Å²) in [6, 6.07) is 9.62. The van der Waals surface area contributed by atoms with E-state index in [1.165, 1.54) is 0 Å². The number of carboxylic acid groups (broad SMARTS) is 1. The Morgan fingerprint density at radius 3 is 2.23 bits per heavy atom. The SMILES string of the molecule is CC(C)(C)OC(=O)N[C@H](CCCCOCc1ccccc1)COC(C(=O)O)C(C)(C)C. The quantitative estimate of drug-likeness (QED) is 0.457. The van der Waals surface area contributed by atoms with Gasteiger partial charge in [0.2, 0.25) is 0 Å². The monoisotopic (exact) mass is 437 g/mol. The predicted octanol–water partition coefficient (Wildman–Crippen LogP) is 4.78. The fourth-order valence-corrected chi connectivity index (χ4v) is 2.93. The number of carbonyl (C=O) groups is 2. The molecule has 0 saturated carbocycles. The van der Waals surface area contributed by atoms with Gasteiger partial charge >= 0.3 is 12.1 Å². The van der Waals surface area contributed by atoms with Crippen LogP contribution in [0.15, 0.2) is 30.3 Å². The molecule has 0 aromatic heterocycles. The molecule has 0 saturated heterocycles. The highest BCUT2D eigenvalue weighted by atomic mass is 16.6. The molecule has 7 heteroatoms. The minimum absolute atomic E-state index is 0.0956. The number of amides is 1. The van der Waals surface area contributed by atoms with Crippen LogP contribution in [0.4, 0.5) is 4.79 Å². The number of carbonyl (C=O) groups excluding carboxylic acids is 1. The van der Waals surface area contributed by atoms with Crippen LogP contribution in [-0.4, -0.2) is 48.1 Å². The standard InChI is InChI=1S/C24H39NO6/c1-23(2,3)20(21(26)27)30-17-19(25-22(28)31-24(4,5)6)14-10-11-15-29-16-18-12-8-7-9-13-18/h7-9,12-13,19-20H,10-11,14-17H2,1-6H3,(H,25,28)(H,26,27)/t19-,20?/m1/s1. The van der Waals surface area contributed by atoms with Crippen LogP contribution in [0.2, 0.25) is 0 Å². The van der Waals surface area contributed by atoms with E-state index in [4.69, 9.17) is 14.2 Å². The zero-order valence-electron chi connectivity index (χ0n) is 19.8. The molecule has 1 unspecified atom stereocenters. The Kier molecular flexibility index (Phi) is 11.0. The van der Waals surface area contributed by atoms with Crippen molar-refractivity contribution in [2.45, 2.75) is 85.2 Å². The summed E-state index contributed by atoms with van der Waals surface area (Å²) in [6.45, 7) is 12.1. The van der Waals surface area contributed by atoms with E-state index in [0.717, 1.165) is 18.4 Å². The van der Waals surface area contributed by atoms with Crippen molar-refractivity contribution in [3.8, 4) is 0 Å². The average Bonchev–Trinajstić information content (AvgIpc) is 2.62. The number of hydrogen-bond acceptors (Lipinski definition) is 5. The van der Waals surface area contributed by atoms with Crippen LogP contribution < -0.4 is 5.32 Å². The number of carboxylic acids is 1. The number of hydrogen-bond donors (Lipinski definition) is 2. The van der Waals surface area contributed by atoms with Crippen molar-refractivity contribution >= 4 is 12.1 Å². The van der Waals surface area contributed by atoms with Crippen molar-refractivity contribution in [3.05, 3.63) is 35.9 Å². The lowest BCUT2D eigenvalue weighted by Crippen LogP contribution is -2.45. The molecule has 1 amide bonds. The van der Waals surface area contributed by atoms with Crippen molar-refractivity contribution in [2.75, 3.05) is 13.2 Å². The van der Waals surface area contributed by atoms with Crippen molar-refractivity contribution < 1.29 is 28.9 Å². The van der Waals surface area contributed by atoms with Crippen LogP contribution in [0.3, 0.4) is 0 Å². The van der Waals surface area contributed by atoms with E-state index in [9.17, 15) is 14.7 Å². The van der Waals surface area contributed by atoms with Crippen molar-refractivity contribution in [1.29, 1.82) is 0 Å². The summed E-state index contributed by atoms with van der Waals surface area (Å²) < 4.78 is 16.7. The van der Waals surface area contributed by atoms with Gasteiger partial charge in [-0.05, 0) is 51.0 Å². The predicted molar refractivity (Wildman–Crippen MR) is 120 cm³/mol. The summed E-state index contributed by atoms with van der Waals surface area (Å²) in [7, 11) is 0. The molecular formula is C24H39NO6. The molecule has 0 radical (unpaired) electrons. The summed E-state index contributed by atoms with van der Waals surface area (Å²) in [5, 5.41) is 12.3. The molecule has 2 N–H and O–H groups in total. The molecule has 176 valence electrons. The number of nitrogens with one attached hydrogen (secondary N) is 1. The third-order valence-electron chi connectivity index (χ3n) is 4.40. The van der Waals surface area contributed by atoms with E-state index in [0.29, 0.717) is 19.6 Å². The van der Waals surface area contributed by atoms with Crippen LogP contribution in [0.1, 0.15) is 66.4 Å². The fourth-order valence-electron chi connectivity index (χ4n) is 2.93. The topological polar surface area (TPSA) is 94.1 Å². The van der Waals surface area contributed by atoms with Crippen molar-refractivity contribution in [1.82, 2.24) is 5.32 Å². The summed E-state index contributed by atoms with van der Waals surface area (Å²) in [6.07, 6.45) is 0.741. The number of aliphatic carboxylic acids is 1. The molecule has 0 aliphatic heterocycles. The Balaban J connectivity index is 2.52. The molecule has 0 aliphatic carbocycles. The molecule has 0 spiro atoms. The lowest BCUT2D eigenvalue weighted by atomic mass is 9.89. The van der Waals surface area contributed by atoms with Gasteiger partial charge in [-0.15, -0.1) is 0 Å². The maximum atomic E-state index is 12.2. The lowest BCUT2D eigenvalue weighted by molar-refractivity contribution is -0.158. The summed E-state index contributed by atoms with van der Waals surface area (Å²) in [5.41, 5.74) is -0.0501. The number of rotatable bonds is 12. The van der Waals surface area contributed by atoms with Gasteiger partial charge in [0.15, 0.2) is 6.10 Å². The minimum atomic E-state index is -1.02. The van der Waals surface area contributed by atoms with Crippen molar-refractivity contribution in [3.63, 3.8) is 0 Å². The second kappa shape index (κ2) is 12.7. The minimum Gasteiger partial charge on any atom is -0.479 e. The highest BCUT2D eigenvalue weighted by Crippen LogP contribution is 2.23. The van der Waals surface area contributed by atoms with Crippen LogP contribution in [-0.2, 0) is 25.6 Å². The fraction of sp³-hybridized carbons (Fsp3) is 0.667. The van der Waals surface area contributed by atoms with Crippen LogP contribution in [0.5, 0.6) is 0 Å². The van der Waals surface area contributed by atoms with Crippen molar-refractivity contribution in [2.24, 2.45) is 5.41 Å². The van der Waals surface area contributed by atoms with Crippen LogP contribution >= 0.6 is 0 Å². The third-order valence-corrected chi connectivity index (χ3v) is 4.40. The van der Waals surface area contributed by atoms with Crippen LogP contribution in [0.25, 0.3) is 0 Å². The Morgan fingerprint density at radius 2 is 1.68 bits per heavy atom. The maximum Gasteiger partial charge on any atom is 0.407 e. The maximum absolute atomic E-state index is 12.2. The first-order valence-corrected chi connectivity index (χ1v) is 10.8. The molecular weight excluding hydrogens is 398 g/mol. The average molecular weight is 438 g/mol. The molecule has 31 heavy (non-hydrogen) atoms. The number of benzene rings is 1. The zero-order valence-corrected chi connectivity index (χ0v) is 19.8. The molecule has 1 rings (SSSR count). The highest BCUT2D eigenvalue weighted by molar-refractivity contribution is 5.73. The first-order chi connectivity index (χ1) is 14.4. The van der Waals surface area contributed by atoms with Gasteiger partial charge in [0.1, 0.15) is 5.60 Å². The molecule has 1 aromatic rings. The molecule has 0 bridgehead atoms. The molecule has 0 fully saturated rings.